The van der Waals surface area contributed by atoms with Crippen molar-refractivity contribution in [3.8, 4) is 0 Å². The fourth-order valence-electron chi connectivity index (χ4n) is 2.41. The molecule has 0 bridgehead atoms. The topological polar surface area (TPSA) is 52.6 Å². The van der Waals surface area contributed by atoms with Crippen LogP contribution in [-0.2, 0) is 19.1 Å². The highest BCUT2D eigenvalue weighted by Crippen LogP contribution is 2.32. The third-order valence-corrected chi connectivity index (χ3v) is 3.16. The molecule has 1 rings (SSSR count). The first kappa shape index (κ1) is 14.0. The van der Waals surface area contributed by atoms with Crippen molar-refractivity contribution in [2.75, 3.05) is 13.2 Å². The van der Waals surface area contributed by atoms with Gasteiger partial charge in [-0.3, -0.25) is 9.59 Å². The van der Waals surface area contributed by atoms with Gasteiger partial charge in [0.05, 0.1) is 19.1 Å². The Morgan fingerprint density at radius 2 is 1.82 bits per heavy atom. The molecule has 4 nitrogen and oxygen atoms in total. The van der Waals surface area contributed by atoms with Crippen molar-refractivity contribution >= 4 is 11.9 Å². The van der Waals surface area contributed by atoms with Crippen LogP contribution in [0.5, 0.6) is 0 Å². The van der Waals surface area contributed by atoms with Crippen LogP contribution < -0.4 is 0 Å². The Hall–Kier alpha value is -1.06. The number of ether oxygens (including phenoxy) is 2. The van der Waals surface area contributed by atoms with Crippen molar-refractivity contribution in [1.82, 2.24) is 0 Å². The summed E-state index contributed by atoms with van der Waals surface area (Å²) < 4.78 is 9.96. The highest BCUT2D eigenvalue weighted by Gasteiger charge is 2.29. The van der Waals surface area contributed by atoms with Gasteiger partial charge < -0.3 is 9.47 Å². The van der Waals surface area contributed by atoms with E-state index < -0.39 is 0 Å². The van der Waals surface area contributed by atoms with Crippen LogP contribution in [0.3, 0.4) is 0 Å². The van der Waals surface area contributed by atoms with E-state index >= 15 is 0 Å². The van der Waals surface area contributed by atoms with Crippen LogP contribution in [0, 0.1) is 11.8 Å². The molecule has 0 radical (unpaired) electrons. The zero-order chi connectivity index (χ0) is 12.7. The lowest BCUT2D eigenvalue weighted by atomic mass is 9.80. The minimum absolute atomic E-state index is 0.0249. The fourth-order valence-corrected chi connectivity index (χ4v) is 2.41. The lowest BCUT2D eigenvalue weighted by molar-refractivity contribution is -0.151. The van der Waals surface area contributed by atoms with Crippen LogP contribution in [0.25, 0.3) is 0 Å². The van der Waals surface area contributed by atoms with E-state index in [0.717, 1.165) is 25.7 Å². The molecule has 0 aliphatic heterocycles. The summed E-state index contributed by atoms with van der Waals surface area (Å²) in [6.45, 7) is 4.47. The molecule has 0 saturated heterocycles. The second-order valence-electron chi connectivity index (χ2n) is 4.49. The average molecular weight is 242 g/mol. The van der Waals surface area contributed by atoms with Crippen LogP contribution in [0.1, 0.15) is 46.0 Å². The molecule has 0 aromatic rings. The molecule has 0 spiro atoms. The van der Waals surface area contributed by atoms with Gasteiger partial charge in [-0.25, -0.2) is 0 Å². The van der Waals surface area contributed by atoms with Gasteiger partial charge in [-0.2, -0.15) is 0 Å². The van der Waals surface area contributed by atoms with Crippen molar-refractivity contribution in [3.63, 3.8) is 0 Å². The van der Waals surface area contributed by atoms with Gasteiger partial charge in [-0.15, -0.1) is 0 Å². The molecular weight excluding hydrogens is 220 g/mol. The van der Waals surface area contributed by atoms with Gasteiger partial charge in [0, 0.05) is 6.42 Å². The van der Waals surface area contributed by atoms with E-state index in [4.69, 9.17) is 9.47 Å². The van der Waals surface area contributed by atoms with Crippen molar-refractivity contribution in [2.24, 2.45) is 11.8 Å². The normalized spacial score (nSPS) is 24.1. The van der Waals surface area contributed by atoms with E-state index in [1.54, 1.807) is 6.92 Å². The Morgan fingerprint density at radius 1 is 1.12 bits per heavy atom. The Kier molecular flexibility index (Phi) is 6.01. The maximum atomic E-state index is 11.6. The molecule has 1 saturated carbocycles. The summed E-state index contributed by atoms with van der Waals surface area (Å²) in [5, 5.41) is 0. The maximum Gasteiger partial charge on any atom is 0.308 e. The van der Waals surface area contributed by atoms with Crippen molar-refractivity contribution in [1.29, 1.82) is 0 Å². The summed E-state index contributed by atoms with van der Waals surface area (Å²) in [4.78, 5) is 23.0. The number of esters is 2. The quantitative estimate of drug-likeness (QED) is 0.694. The van der Waals surface area contributed by atoms with Gasteiger partial charge in [-0.1, -0.05) is 6.42 Å². The molecule has 1 aliphatic carbocycles. The fraction of sp³-hybridized carbons (Fsp3) is 0.846. The number of hydrogen-bond donors (Lipinski definition) is 0. The Balaban J connectivity index is 2.38. The Labute approximate surface area is 103 Å². The predicted octanol–water partition coefficient (Wildman–Crippen LogP) is 2.31. The second kappa shape index (κ2) is 7.30. The van der Waals surface area contributed by atoms with Crippen molar-refractivity contribution in [2.45, 2.75) is 46.0 Å². The lowest BCUT2D eigenvalue weighted by Crippen LogP contribution is -2.26. The predicted molar refractivity (Wildman–Crippen MR) is 63.3 cm³/mol. The summed E-state index contributed by atoms with van der Waals surface area (Å²) >= 11 is 0. The first-order valence-corrected chi connectivity index (χ1v) is 6.49. The smallest absolute Gasteiger partial charge is 0.308 e. The monoisotopic (exact) mass is 242 g/mol. The lowest BCUT2D eigenvalue weighted by Gasteiger charge is -2.27. The molecule has 0 aromatic heterocycles. The van der Waals surface area contributed by atoms with E-state index in [2.05, 4.69) is 0 Å². The van der Waals surface area contributed by atoms with Crippen LogP contribution in [-0.4, -0.2) is 25.2 Å². The van der Waals surface area contributed by atoms with E-state index in [-0.39, 0.29) is 23.8 Å². The molecule has 1 fully saturated rings. The van der Waals surface area contributed by atoms with Gasteiger partial charge in [0.1, 0.15) is 0 Å². The maximum absolute atomic E-state index is 11.6. The van der Waals surface area contributed by atoms with E-state index in [9.17, 15) is 9.59 Å². The highest BCUT2D eigenvalue weighted by atomic mass is 16.5. The Bertz CT molecular complexity index is 262. The number of rotatable bonds is 5. The number of carbonyl (C=O) groups excluding carboxylic acids is 2. The molecule has 0 heterocycles. The van der Waals surface area contributed by atoms with E-state index in [1.807, 2.05) is 6.92 Å². The van der Waals surface area contributed by atoms with E-state index in [0.29, 0.717) is 19.6 Å². The van der Waals surface area contributed by atoms with Crippen LogP contribution in [0.15, 0.2) is 0 Å². The summed E-state index contributed by atoms with van der Waals surface area (Å²) in [5.74, 6) is -0.0107. The van der Waals surface area contributed by atoms with Gasteiger partial charge in [-0.05, 0) is 39.0 Å². The molecule has 0 unspecified atom stereocenters. The zero-order valence-corrected chi connectivity index (χ0v) is 10.7. The molecular formula is C13H22O4. The van der Waals surface area contributed by atoms with Crippen molar-refractivity contribution < 1.29 is 19.1 Å². The molecule has 2 atom stereocenters. The van der Waals surface area contributed by atoms with Crippen LogP contribution in [0.4, 0.5) is 0 Å². The summed E-state index contributed by atoms with van der Waals surface area (Å²) in [5.41, 5.74) is 0. The molecule has 98 valence electrons. The minimum Gasteiger partial charge on any atom is -0.466 e. The Morgan fingerprint density at radius 3 is 2.47 bits per heavy atom. The number of carbonyl (C=O) groups is 2. The first-order valence-electron chi connectivity index (χ1n) is 6.49. The SMILES string of the molecule is CCOC(=O)C[C@H]1CCC[C@H](C(=O)OCC)C1. The number of hydrogen-bond acceptors (Lipinski definition) is 4. The summed E-state index contributed by atoms with van der Waals surface area (Å²) in [6.07, 6.45) is 4.09. The van der Waals surface area contributed by atoms with Crippen LogP contribution >= 0.6 is 0 Å². The van der Waals surface area contributed by atoms with E-state index in [1.165, 1.54) is 0 Å². The molecule has 17 heavy (non-hydrogen) atoms. The molecule has 4 heteroatoms. The molecule has 0 N–H and O–H groups in total. The largest absolute Gasteiger partial charge is 0.466 e. The zero-order valence-electron chi connectivity index (χ0n) is 10.7. The third-order valence-electron chi connectivity index (χ3n) is 3.16. The standard InChI is InChI=1S/C13H22O4/c1-3-16-12(14)9-10-6-5-7-11(8-10)13(15)17-4-2/h10-11H,3-9H2,1-2H3/t10-,11-/m0/s1. The minimum atomic E-state index is -0.151. The van der Waals surface area contributed by atoms with Gasteiger partial charge in [0.2, 0.25) is 0 Å². The summed E-state index contributed by atoms with van der Waals surface area (Å²) in [6, 6.07) is 0. The van der Waals surface area contributed by atoms with Gasteiger partial charge in [0.25, 0.3) is 0 Å². The first-order chi connectivity index (χ1) is 8.17. The van der Waals surface area contributed by atoms with Crippen LogP contribution in [0.2, 0.25) is 0 Å². The molecule has 1 aliphatic rings. The highest BCUT2D eigenvalue weighted by molar-refractivity contribution is 5.73. The third kappa shape index (κ3) is 4.75. The molecule has 0 aromatic carbocycles. The molecule has 0 amide bonds. The van der Waals surface area contributed by atoms with Gasteiger partial charge >= 0.3 is 11.9 Å². The second-order valence-corrected chi connectivity index (χ2v) is 4.49. The summed E-state index contributed by atoms with van der Waals surface area (Å²) in [7, 11) is 0. The average Bonchev–Trinajstić information content (AvgIpc) is 2.30. The van der Waals surface area contributed by atoms with Crippen molar-refractivity contribution in [3.05, 3.63) is 0 Å². The van der Waals surface area contributed by atoms with Gasteiger partial charge in [0.15, 0.2) is 0 Å².